The Morgan fingerprint density at radius 1 is 0.344 bits per heavy atom. The highest BCUT2D eigenvalue weighted by atomic mass is 16.6. The van der Waals surface area contributed by atoms with Gasteiger partial charge < -0.3 is 14.2 Å². The molecule has 0 aliphatic heterocycles. The third kappa shape index (κ3) is 49.3. The summed E-state index contributed by atoms with van der Waals surface area (Å²) in [6.45, 7) is 6.34. The van der Waals surface area contributed by atoms with E-state index < -0.39 is 6.10 Å². The van der Waals surface area contributed by atoms with Gasteiger partial charge in [0.1, 0.15) is 13.2 Å². The fourth-order valence-corrected chi connectivity index (χ4v) is 7.00. The van der Waals surface area contributed by atoms with E-state index in [4.69, 9.17) is 14.2 Å². The molecule has 0 aliphatic carbocycles. The molecule has 0 aliphatic rings. The number of hydrogen-bond acceptors (Lipinski definition) is 6. The summed E-state index contributed by atoms with van der Waals surface area (Å²) in [7, 11) is 0. The molecular weight excluding hydrogens is 793 g/mol. The molecule has 0 bridgehead atoms. The van der Waals surface area contributed by atoms with Crippen molar-refractivity contribution in [1.29, 1.82) is 0 Å². The zero-order chi connectivity index (χ0) is 46.5. The van der Waals surface area contributed by atoms with Gasteiger partial charge in [-0.2, -0.15) is 0 Å². The van der Waals surface area contributed by atoms with Crippen LogP contribution in [0.25, 0.3) is 0 Å². The van der Waals surface area contributed by atoms with Gasteiger partial charge in [0.2, 0.25) is 0 Å². The summed E-state index contributed by atoms with van der Waals surface area (Å²) >= 11 is 0. The first-order chi connectivity index (χ1) is 31.5. The number of allylic oxidation sites excluding steroid dienone is 16. The number of hydrogen-bond donors (Lipinski definition) is 0. The molecule has 0 aromatic rings. The first-order valence-electron chi connectivity index (χ1n) is 26.3. The number of ether oxygens (including phenoxy) is 3. The van der Waals surface area contributed by atoms with Crippen molar-refractivity contribution in [2.75, 3.05) is 13.2 Å². The molecule has 0 heterocycles. The Bertz CT molecular complexity index is 1300. The van der Waals surface area contributed by atoms with Gasteiger partial charge in [0.05, 0.1) is 0 Å². The monoisotopic (exact) mass is 889 g/mol. The first kappa shape index (κ1) is 60.3. The molecule has 6 heteroatoms. The summed E-state index contributed by atoms with van der Waals surface area (Å²) in [5.74, 6) is -0.950. The Hall–Kier alpha value is -3.67. The molecule has 0 fully saturated rings. The minimum absolute atomic E-state index is 0.0984. The molecule has 0 aromatic carbocycles. The third-order valence-electron chi connectivity index (χ3n) is 10.9. The van der Waals surface area contributed by atoms with Crippen molar-refractivity contribution in [3.63, 3.8) is 0 Å². The second-order valence-corrected chi connectivity index (χ2v) is 17.1. The number of unbranched alkanes of at least 4 members (excludes halogenated alkanes) is 21. The van der Waals surface area contributed by atoms with E-state index in [0.29, 0.717) is 19.3 Å². The molecule has 6 nitrogen and oxygen atoms in total. The van der Waals surface area contributed by atoms with E-state index in [0.717, 1.165) is 122 Å². The number of carbonyl (C=O) groups is 3. The fourth-order valence-electron chi connectivity index (χ4n) is 7.00. The SMILES string of the molecule is CC\C=C/C=C\C=C/CCCCCCCC(=O)OCC(COC(=O)CCCCC/C=C\C/C=C\C/C=C\C/C=C\C/C=C\CC)OC(=O)CCCCCCCCCCCCCCCC. The highest BCUT2D eigenvalue weighted by molar-refractivity contribution is 5.71. The fraction of sp³-hybridized carbons (Fsp3) is 0.672. The van der Waals surface area contributed by atoms with E-state index in [-0.39, 0.29) is 31.1 Å². The molecule has 1 unspecified atom stereocenters. The minimum Gasteiger partial charge on any atom is -0.462 e. The van der Waals surface area contributed by atoms with Crippen molar-refractivity contribution in [2.45, 2.75) is 239 Å². The number of esters is 3. The second-order valence-electron chi connectivity index (χ2n) is 17.1. The first-order valence-corrected chi connectivity index (χ1v) is 26.3. The van der Waals surface area contributed by atoms with Gasteiger partial charge in [0.25, 0.3) is 0 Å². The van der Waals surface area contributed by atoms with Crippen LogP contribution in [0.15, 0.2) is 97.2 Å². The van der Waals surface area contributed by atoms with Gasteiger partial charge >= 0.3 is 17.9 Å². The maximum atomic E-state index is 12.8. The van der Waals surface area contributed by atoms with Crippen LogP contribution < -0.4 is 0 Å². The zero-order valence-electron chi connectivity index (χ0n) is 41.5. The second kappa shape index (κ2) is 52.0. The van der Waals surface area contributed by atoms with E-state index in [9.17, 15) is 14.4 Å². The summed E-state index contributed by atoms with van der Waals surface area (Å²) in [6.07, 6.45) is 68.2. The molecule has 0 amide bonds. The highest BCUT2D eigenvalue weighted by Crippen LogP contribution is 2.15. The Balaban J connectivity index is 4.46. The van der Waals surface area contributed by atoms with Crippen molar-refractivity contribution in [2.24, 2.45) is 0 Å². The Morgan fingerprint density at radius 2 is 0.688 bits per heavy atom. The smallest absolute Gasteiger partial charge is 0.306 e. The molecule has 0 radical (unpaired) electrons. The molecule has 0 rings (SSSR count). The Morgan fingerprint density at radius 3 is 1.14 bits per heavy atom. The van der Waals surface area contributed by atoms with Crippen molar-refractivity contribution in [3.8, 4) is 0 Å². The number of rotatable bonds is 46. The molecule has 0 spiro atoms. The Kier molecular flexibility index (Phi) is 49.0. The summed E-state index contributed by atoms with van der Waals surface area (Å²) in [5, 5.41) is 0. The summed E-state index contributed by atoms with van der Waals surface area (Å²) in [6, 6.07) is 0. The molecule has 0 saturated carbocycles. The summed E-state index contributed by atoms with van der Waals surface area (Å²) in [4.78, 5) is 38.0. The van der Waals surface area contributed by atoms with Crippen LogP contribution >= 0.6 is 0 Å². The van der Waals surface area contributed by atoms with Gasteiger partial charge in [-0.15, -0.1) is 0 Å². The standard InChI is InChI=1S/C58H96O6/c1-4-7-10-13-16-19-22-25-27-28-29-30-31-34-36-39-42-45-48-51-57(60)63-54-55(53-62-56(59)50-47-44-41-38-35-32-24-21-18-15-12-9-6-3)64-58(61)52-49-46-43-40-37-33-26-23-20-17-14-11-8-5-2/h7,9-10,12,15-16,18-19,21,24-25,27,29-30,34,36,55H,4-6,8,11,13-14,17,20,22-23,26,28,31-33,35,37-54H2,1-3H3/b10-7-,12-9-,18-15-,19-16-,24-21-,27-25-,30-29-,36-34-. The van der Waals surface area contributed by atoms with Crippen molar-refractivity contribution in [1.82, 2.24) is 0 Å². The van der Waals surface area contributed by atoms with Crippen LogP contribution in [0, 0.1) is 0 Å². The van der Waals surface area contributed by atoms with Gasteiger partial charge in [-0.1, -0.05) is 227 Å². The highest BCUT2D eigenvalue weighted by Gasteiger charge is 2.19. The lowest BCUT2D eigenvalue weighted by Gasteiger charge is -2.18. The van der Waals surface area contributed by atoms with Crippen LogP contribution in [0.1, 0.15) is 233 Å². The molecule has 1 atom stereocenters. The summed E-state index contributed by atoms with van der Waals surface area (Å²) in [5.41, 5.74) is 0. The van der Waals surface area contributed by atoms with Crippen LogP contribution in [0.2, 0.25) is 0 Å². The van der Waals surface area contributed by atoms with E-state index in [2.05, 4.69) is 118 Å². The average molecular weight is 889 g/mol. The van der Waals surface area contributed by atoms with Crippen molar-refractivity contribution >= 4 is 17.9 Å². The van der Waals surface area contributed by atoms with Crippen LogP contribution in [0.5, 0.6) is 0 Å². The molecule has 364 valence electrons. The van der Waals surface area contributed by atoms with Gasteiger partial charge in [-0.3, -0.25) is 14.4 Å². The zero-order valence-corrected chi connectivity index (χ0v) is 41.5. The molecule has 0 N–H and O–H groups in total. The Labute approximate surface area is 394 Å². The van der Waals surface area contributed by atoms with E-state index in [1.807, 2.05) is 0 Å². The van der Waals surface area contributed by atoms with Crippen LogP contribution in [0.4, 0.5) is 0 Å². The maximum Gasteiger partial charge on any atom is 0.306 e. The van der Waals surface area contributed by atoms with E-state index >= 15 is 0 Å². The van der Waals surface area contributed by atoms with Gasteiger partial charge in [0, 0.05) is 19.3 Å². The summed E-state index contributed by atoms with van der Waals surface area (Å²) < 4.78 is 16.8. The molecule has 0 aromatic heterocycles. The predicted octanol–water partition coefficient (Wildman–Crippen LogP) is 17.4. The average Bonchev–Trinajstić information content (AvgIpc) is 3.29. The molecular formula is C58H96O6. The predicted molar refractivity (Wildman–Crippen MR) is 274 cm³/mol. The van der Waals surface area contributed by atoms with Crippen molar-refractivity contribution < 1.29 is 28.6 Å². The quantitative estimate of drug-likeness (QED) is 0.0199. The van der Waals surface area contributed by atoms with Crippen LogP contribution in [-0.4, -0.2) is 37.2 Å². The normalized spacial score (nSPS) is 12.9. The van der Waals surface area contributed by atoms with Crippen LogP contribution in [0.3, 0.4) is 0 Å². The molecule has 64 heavy (non-hydrogen) atoms. The van der Waals surface area contributed by atoms with Gasteiger partial charge in [-0.05, 0) is 83.5 Å². The lowest BCUT2D eigenvalue weighted by atomic mass is 10.0. The lowest BCUT2D eigenvalue weighted by molar-refractivity contribution is -0.167. The lowest BCUT2D eigenvalue weighted by Crippen LogP contribution is -2.30. The van der Waals surface area contributed by atoms with Gasteiger partial charge in [-0.25, -0.2) is 0 Å². The van der Waals surface area contributed by atoms with E-state index in [1.54, 1.807) is 0 Å². The van der Waals surface area contributed by atoms with E-state index in [1.165, 1.54) is 70.6 Å². The minimum atomic E-state index is -0.798. The topological polar surface area (TPSA) is 78.9 Å². The maximum absolute atomic E-state index is 12.8. The number of carbonyl (C=O) groups excluding carboxylic acids is 3. The largest absolute Gasteiger partial charge is 0.462 e. The van der Waals surface area contributed by atoms with Gasteiger partial charge in [0.15, 0.2) is 6.10 Å². The van der Waals surface area contributed by atoms with Crippen molar-refractivity contribution in [3.05, 3.63) is 97.2 Å². The third-order valence-corrected chi connectivity index (χ3v) is 10.9. The molecule has 0 saturated heterocycles. The van der Waals surface area contributed by atoms with Crippen LogP contribution in [-0.2, 0) is 28.6 Å².